The number of hydrogen-bond donors (Lipinski definition) is 2. The van der Waals surface area contributed by atoms with E-state index in [-0.39, 0.29) is 11.9 Å². The van der Waals surface area contributed by atoms with Crippen molar-refractivity contribution in [2.75, 3.05) is 13.2 Å². The predicted octanol–water partition coefficient (Wildman–Crippen LogP) is 2.07. The first-order valence-electron chi connectivity index (χ1n) is 7.56. The van der Waals surface area contributed by atoms with Gasteiger partial charge in [-0.25, -0.2) is 0 Å². The summed E-state index contributed by atoms with van der Waals surface area (Å²) in [4.78, 5) is 12.5. The average molecular weight is 270 g/mol. The standard InChI is InChI=1S/C15H30N2O2/c1-5-19-10-13(11(2)3)17-14(18)15(16)8-6-7-12(4)9-15/h11-13H,5-10,16H2,1-4H3,(H,17,18). The second-order valence-corrected chi connectivity index (χ2v) is 6.34. The quantitative estimate of drug-likeness (QED) is 0.776. The van der Waals surface area contributed by atoms with Gasteiger partial charge in [0.15, 0.2) is 0 Å². The lowest BCUT2D eigenvalue weighted by Gasteiger charge is -2.37. The van der Waals surface area contributed by atoms with Gasteiger partial charge in [0.05, 0.1) is 18.2 Å². The minimum Gasteiger partial charge on any atom is -0.380 e. The maximum atomic E-state index is 12.5. The minimum atomic E-state index is -0.684. The Morgan fingerprint density at radius 1 is 1.53 bits per heavy atom. The van der Waals surface area contributed by atoms with Crippen molar-refractivity contribution >= 4 is 5.91 Å². The number of ether oxygens (including phenoxy) is 1. The molecule has 1 aliphatic rings. The van der Waals surface area contributed by atoms with Crippen LogP contribution in [-0.4, -0.2) is 30.7 Å². The molecule has 4 nitrogen and oxygen atoms in total. The zero-order chi connectivity index (χ0) is 14.5. The Labute approximate surface area is 117 Å². The van der Waals surface area contributed by atoms with E-state index in [1.54, 1.807) is 0 Å². The summed E-state index contributed by atoms with van der Waals surface area (Å²) >= 11 is 0. The molecule has 0 aromatic heterocycles. The topological polar surface area (TPSA) is 64.3 Å². The molecule has 1 saturated carbocycles. The van der Waals surface area contributed by atoms with E-state index in [1.165, 1.54) is 6.42 Å². The third-order valence-electron chi connectivity index (χ3n) is 4.11. The van der Waals surface area contributed by atoms with Gasteiger partial charge < -0.3 is 15.8 Å². The van der Waals surface area contributed by atoms with Crippen LogP contribution in [0.25, 0.3) is 0 Å². The largest absolute Gasteiger partial charge is 0.380 e. The van der Waals surface area contributed by atoms with Crippen molar-refractivity contribution in [1.29, 1.82) is 0 Å². The fourth-order valence-corrected chi connectivity index (χ4v) is 2.76. The highest BCUT2D eigenvalue weighted by atomic mass is 16.5. The van der Waals surface area contributed by atoms with Crippen LogP contribution in [0.15, 0.2) is 0 Å². The first-order chi connectivity index (χ1) is 8.89. The summed E-state index contributed by atoms with van der Waals surface area (Å²) in [6, 6.07) is 0.0464. The zero-order valence-electron chi connectivity index (χ0n) is 12.9. The van der Waals surface area contributed by atoms with Crippen molar-refractivity contribution in [2.24, 2.45) is 17.6 Å². The molecule has 0 aliphatic heterocycles. The van der Waals surface area contributed by atoms with Crippen LogP contribution in [0, 0.1) is 11.8 Å². The van der Waals surface area contributed by atoms with Gasteiger partial charge >= 0.3 is 0 Å². The number of nitrogens with one attached hydrogen (secondary N) is 1. The van der Waals surface area contributed by atoms with Crippen LogP contribution in [0.3, 0.4) is 0 Å². The molecular formula is C15H30N2O2. The maximum absolute atomic E-state index is 12.5. The molecule has 3 N–H and O–H groups in total. The number of carbonyl (C=O) groups is 1. The van der Waals surface area contributed by atoms with Gasteiger partial charge in [-0.15, -0.1) is 0 Å². The lowest BCUT2D eigenvalue weighted by molar-refractivity contribution is -0.129. The van der Waals surface area contributed by atoms with Crippen molar-refractivity contribution in [3.05, 3.63) is 0 Å². The predicted molar refractivity (Wildman–Crippen MR) is 77.8 cm³/mol. The maximum Gasteiger partial charge on any atom is 0.240 e. The van der Waals surface area contributed by atoms with Crippen molar-refractivity contribution in [1.82, 2.24) is 5.32 Å². The van der Waals surface area contributed by atoms with Crippen LogP contribution >= 0.6 is 0 Å². The van der Waals surface area contributed by atoms with Crippen molar-refractivity contribution in [2.45, 2.75) is 65.0 Å². The van der Waals surface area contributed by atoms with E-state index in [0.29, 0.717) is 25.0 Å². The lowest BCUT2D eigenvalue weighted by Crippen LogP contribution is -2.59. The van der Waals surface area contributed by atoms with Crippen molar-refractivity contribution in [3.8, 4) is 0 Å². The molecule has 3 atom stereocenters. The fraction of sp³-hybridized carbons (Fsp3) is 0.933. The number of amides is 1. The molecule has 1 fully saturated rings. The molecule has 0 saturated heterocycles. The van der Waals surface area contributed by atoms with Crippen LogP contribution in [-0.2, 0) is 9.53 Å². The second kappa shape index (κ2) is 7.25. The highest BCUT2D eigenvalue weighted by Gasteiger charge is 2.38. The fourth-order valence-electron chi connectivity index (χ4n) is 2.76. The van der Waals surface area contributed by atoms with Gasteiger partial charge in [-0.05, 0) is 31.6 Å². The zero-order valence-corrected chi connectivity index (χ0v) is 12.9. The van der Waals surface area contributed by atoms with Crippen LogP contribution in [0.5, 0.6) is 0 Å². The number of rotatable bonds is 6. The summed E-state index contributed by atoms with van der Waals surface area (Å²) in [5, 5.41) is 3.09. The summed E-state index contributed by atoms with van der Waals surface area (Å²) < 4.78 is 5.44. The molecule has 1 aliphatic carbocycles. The van der Waals surface area contributed by atoms with E-state index in [2.05, 4.69) is 26.1 Å². The van der Waals surface area contributed by atoms with Crippen LogP contribution in [0.2, 0.25) is 0 Å². The van der Waals surface area contributed by atoms with Gasteiger partial charge in [-0.2, -0.15) is 0 Å². The minimum absolute atomic E-state index is 0.00236. The lowest BCUT2D eigenvalue weighted by atomic mass is 9.76. The van der Waals surface area contributed by atoms with E-state index < -0.39 is 5.54 Å². The summed E-state index contributed by atoms with van der Waals surface area (Å²) in [6.45, 7) is 9.56. The normalized spacial score (nSPS) is 29.3. The van der Waals surface area contributed by atoms with E-state index in [9.17, 15) is 4.79 Å². The average Bonchev–Trinajstić information content (AvgIpc) is 2.33. The molecule has 112 valence electrons. The molecule has 1 amide bonds. The first-order valence-corrected chi connectivity index (χ1v) is 7.56. The molecule has 0 spiro atoms. The van der Waals surface area contributed by atoms with E-state index in [1.807, 2.05) is 6.92 Å². The monoisotopic (exact) mass is 270 g/mol. The van der Waals surface area contributed by atoms with Crippen LogP contribution in [0.1, 0.15) is 53.4 Å². The third-order valence-corrected chi connectivity index (χ3v) is 4.11. The van der Waals surface area contributed by atoms with Crippen molar-refractivity contribution in [3.63, 3.8) is 0 Å². The van der Waals surface area contributed by atoms with E-state index in [4.69, 9.17) is 10.5 Å². The van der Waals surface area contributed by atoms with E-state index in [0.717, 1.165) is 19.3 Å². The molecule has 0 aromatic rings. The number of hydrogen-bond acceptors (Lipinski definition) is 3. The SMILES string of the molecule is CCOCC(NC(=O)C1(N)CCCC(C)C1)C(C)C. The van der Waals surface area contributed by atoms with Gasteiger partial charge in [-0.3, -0.25) is 4.79 Å². The Morgan fingerprint density at radius 3 is 2.74 bits per heavy atom. The summed E-state index contributed by atoms with van der Waals surface area (Å²) in [5.41, 5.74) is 5.63. The van der Waals surface area contributed by atoms with Gasteiger partial charge in [-0.1, -0.05) is 33.6 Å². The Hall–Kier alpha value is -0.610. The highest BCUT2D eigenvalue weighted by Crippen LogP contribution is 2.30. The Bertz CT molecular complexity index is 294. The van der Waals surface area contributed by atoms with Gasteiger partial charge in [0.25, 0.3) is 0 Å². The number of nitrogens with two attached hydrogens (primary N) is 1. The highest BCUT2D eigenvalue weighted by molar-refractivity contribution is 5.86. The Kier molecular flexibility index (Phi) is 6.27. The number of carbonyl (C=O) groups excluding carboxylic acids is 1. The molecular weight excluding hydrogens is 240 g/mol. The summed E-state index contributed by atoms with van der Waals surface area (Å²) in [7, 11) is 0. The summed E-state index contributed by atoms with van der Waals surface area (Å²) in [6.07, 6.45) is 3.81. The van der Waals surface area contributed by atoms with Crippen LogP contribution < -0.4 is 11.1 Å². The molecule has 0 radical (unpaired) electrons. The Morgan fingerprint density at radius 2 is 2.21 bits per heavy atom. The van der Waals surface area contributed by atoms with Crippen LogP contribution in [0.4, 0.5) is 0 Å². The van der Waals surface area contributed by atoms with Gasteiger partial charge in [0, 0.05) is 6.61 Å². The molecule has 3 unspecified atom stereocenters. The molecule has 1 rings (SSSR count). The third kappa shape index (κ3) is 4.77. The Balaban J connectivity index is 2.59. The first kappa shape index (κ1) is 16.4. The van der Waals surface area contributed by atoms with Gasteiger partial charge in [0.2, 0.25) is 5.91 Å². The molecule has 19 heavy (non-hydrogen) atoms. The molecule has 4 heteroatoms. The molecule has 0 aromatic carbocycles. The van der Waals surface area contributed by atoms with Crippen molar-refractivity contribution < 1.29 is 9.53 Å². The smallest absolute Gasteiger partial charge is 0.240 e. The van der Waals surface area contributed by atoms with E-state index >= 15 is 0 Å². The summed E-state index contributed by atoms with van der Waals surface area (Å²) in [5.74, 6) is 0.881. The molecule has 0 heterocycles. The second-order valence-electron chi connectivity index (χ2n) is 6.34. The van der Waals surface area contributed by atoms with Gasteiger partial charge in [0.1, 0.15) is 0 Å². The molecule has 0 bridgehead atoms.